The molecule has 0 fully saturated rings. The summed E-state index contributed by atoms with van der Waals surface area (Å²) in [6.07, 6.45) is 1.85. The molecule has 0 saturated heterocycles. The van der Waals surface area contributed by atoms with Gasteiger partial charge in [-0.2, -0.15) is 0 Å². The van der Waals surface area contributed by atoms with Crippen LogP contribution in [0.3, 0.4) is 0 Å². The van der Waals surface area contributed by atoms with Gasteiger partial charge < -0.3 is 10.5 Å². The third kappa shape index (κ3) is 3.95. The Hall–Kier alpha value is -2.33. The molecule has 3 rings (SSSR count). The lowest BCUT2D eigenvalue weighted by Crippen LogP contribution is -1.94. The van der Waals surface area contributed by atoms with Crippen LogP contribution in [-0.2, 0) is 6.42 Å². The highest BCUT2D eigenvalue weighted by molar-refractivity contribution is 7.12. The maximum absolute atomic E-state index is 5.74. The Bertz CT molecular complexity index is 792. The van der Waals surface area contributed by atoms with E-state index < -0.39 is 0 Å². The van der Waals surface area contributed by atoms with Crippen molar-refractivity contribution in [1.82, 2.24) is 4.98 Å². The zero-order valence-electron chi connectivity index (χ0n) is 14.1. The molecule has 2 N–H and O–H groups in total. The summed E-state index contributed by atoms with van der Waals surface area (Å²) >= 11 is 1.75. The predicted molar refractivity (Wildman–Crippen MR) is 102 cm³/mol. The summed E-state index contributed by atoms with van der Waals surface area (Å²) in [7, 11) is 0. The molecule has 24 heavy (non-hydrogen) atoms. The molecule has 1 heterocycles. The SMILES string of the molecule is CCCOc1ccc(-c2nc(Cc3ccc(N)cc3)sc2C)cc1. The number of rotatable bonds is 6. The van der Waals surface area contributed by atoms with Crippen LogP contribution in [0.1, 0.15) is 28.8 Å². The molecule has 0 amide bonds. The number of nitrogens with two attached hydrogens (primary N) is 1. The number of nitrogens with zero attached hydrogens (tertiary/aromatic N) is 1. The Kier molecular flexibility index (Phi) is 5.16. The molecule has 0 atom stereocenters. The number of hydrogen-bond acceptors (Lipinski definition) is 4. The summed E-state index contributed by atoms with van der Waals surface area (Å²) in [6.45, 7) is 4.98. The van der Waals surface area contributed by atoms with Crippen LogP contribution in [0.2, 0.25) is 0 Å². The van der Waals surface area contributed by atoms with Crippen molar-refractivity contribution in [2.24, 2.45) is 0 Å². The average Bonchev–Trinajstić information content (AvgIpc) is 2.96. The number of aryl methyl sites for hydroxylation is 1. The first-order valence-corrected chi connectivity index (χ1v) is 9.01. The minimum atomic E-state index is 0.751. The van der Waals surface area contributed by atoms with Crippen LogP contribution in [0.15, 0.2) is 48.5 Å². The first kappa shape index (κ1) is 16.5. The quantitative estimate of drug-likeness (QED) is 0.638. The van der Waals surface area contributed by atoms with Gasteiger partial charge in [0.2, 0.25) is 0 Å². The lowest BCUT2D eigenvalue weighted by molar-refractivity contribution is 0.317. The minimum absolute atomic E-state index is 0.751. The smallest absolute Gasteiger partial charge is 0.119 e. The van der Waals surface area contributed by atoms with Crippen LogP contribution in [0.4, 0.5) is 5.69 Å². The minimum Gasteiger partial charge on any atom is -0.494 e. The Morgan fingerprint density at radius 1 is 1.04 bits per heavy atom. The fourth-order valence-corrected chi connectivity index (χ4v) is 3.52. The second-order valence-electron chi connectivity index (χ2n) is 5.80. The van der Waals surface area contributed by atoms with Gasteiger partial charge in [0.15, 0.2) is 0 Å². The van der Waals surface area contributed by atoms with Crippen molar-refractivity contribution < 1.29 is 4.74 Å². The number of nitrogen functional groups attached to an aromatic ring is 1. The van der Waals surface area contributed by atoms with E-state index >= 15 is 0 Å². The lowest BCUT2D eigenvalue weighted by Gasteiger charge is -2.05. The summed E-state index contributed by atoms with van der Waals surface area (Å²) in [4.78, 5) is 6.07. The first-order chi connectivity index (χ1) is 11.7. The maximum atomic E-state index is 5.74. The zero-order valence-corrected chi connectivity index (χ0v) is 14.9. The highest BCUT2D eigenvalue weighted by Crippen LogP contribution is 2.30. The number of thiazole rings is 1. The molecule has 0 spiro atoms. The standard InChI is InChI=1S/C20H22N2OS/c1-3-12-23-18-10-6-16(7-11-18)20-14(2)24-19(22-20)13-15-4-8-17(21)9-5-15/h4-11H,3,12-13,21H2,1-2H3. The van der Waals surface area contributed by atoms with Gasteiger partial charge in [-0.1, -0.05) is 19.1 Å². The predicted octanol–water partition coefficient (Wildman–Crippen LogP) is 5.08. The van der Waals surface area contributed by atoms with Crippen molar-refractivity contribution >= 4 is 17.0 Å². The fourth-order valence-electron chi connectivity index (χ4n) is 2.53. The molecular weight excluding hydrogens is 316 g/mol. The molecule has 0 unspecified atom stereocenters. The van der Waals surface area contributed by atoms with Crippen molar-refractivity contribution in [3.05, 3.63) is 64.0 Å². The highest BCUT2D eigenvalue weighted by Gasteiger charge is 2.10. The Labute approximate surface area is 147 Å². The van der Waals surface area contributed by atoms with Gasteiger partial charge in [-0.15, -0.1) is 11.3 Å². The third-order valence-corrected chi connectivity index (χ3v) is 4.75. The van der Waals surface area contributed by atoms with Gasteiger partial charge in [0.25, 0.3) is 0 Å². The van der Waals surface area contributed by atoms with Crippen LogP contribution in [0.25, 0.3) is 11.3 Å². The molecule has 3 nitrogen and oxygen atoms in total. The van der Waals surface area contributed by atoms with Gasteiger partial charge in [0, 0.05) is 22.5 Å². The molecule has 0 aliphatic rings. The van der Waals surface area contributed by atoms with E-state index in [0.29, 0.717) is 0 Å². The molecule has 0 saturated carbocycles. The van der Waals surface area contributed by atoms with E-state index in [1.807, 2.05) is 24.3 Å². The number of benzene rings is 2. The van der Waals surface area contributed by atoms with Crippen LogP contribution in [0.5, 0.6) is 5.75 Å². The molecule has 124 valence electrons. The van der Waals surface area contributed by atoms with E-state index in [2.05, 4.69) is 38.1 Å². The van der Waals surface area contributed by atoms with Crippen LogP contribution < -0.4 is 10.5 Å². The Morgan fingerprint density at radius 2 is 1.75 bits per heavy atom. The molecule has 0 bridgehead atoms. The third-order valence-electron chi connectivity index (χ3n) is 3.78. The summed E-state index contributed by atoms with van der Waals surface area (Å²) in [6, 6.07) is 16.2. The molecular formula is C20H22N2OS. The summed E-state index contributed by atoms with van der Waals surface area (Å²) < 4.78 is 5.64. The number of ether oxygens (including phenoxy) is 1. The fraction of sp³-hybridized carbons (Fsp3) is 0.250. The van der Waals surface area contributed by atoms with Crippen molar-refractivity contribution in [3.63, 3.8) is 0 Å². The number of anilines is 1. The van der Waals surface area contributed by atoms with Crippen LogP contribution in [0, 0.1) is 6.92 Å². The molecule has 0 aliphatic carbocycles. The number of aromatic nitrogens is 1. The van der Waals surface area contributed by atoms with E-state index in [0.717, 1.165) is 47.2 Å². The summed E-state index contributed by atoms with van der Waals surface area (Å²) in [5, 5.41) is 1.12. The Morgan fingerprint density at radius 3 is 2.42 bits per heavy atom. The van der Waals surface area contributed by atoms with Gasteiger partial charge in [0.1, 0.15) is 5.75 Å². The van der Waals surface area contributed by atoms with Crippen molar-refractivity contribution in [3.8, 4) is 17.0 Å². The van der Waals surface area contributed by atoms with Gasteiger partial charge in [-0.05, 0) is 55.3 Å². The molecule has 2 aromatic carbocycles. The first-order valence-electron chi connectivity index (χ1n) is 8.19. The van der Waals surface area contributed by atoms with E-state index in [4.69, 9.17) is 15.5 Å². The van der Waals surface area contributed by atoms with Crippen molar-refractivity contribution in [2.75, 3.05) is 12.3 Å². The topological polar surface area (TPSA) is 48.1 Å². The molecule has 4 heteroatoms. The van der Waals surface area contributed by atoms with Crippen LogP contribution in [-0.4, -0.2) is 11.6 Å². The zero-order chi connectivity index (χ0) is 16.9. The number of hydrogen-bond donors (Lipinski definition) is 1. The summed E-state index contributed by atoms with van der Waals surface area (Å²) in [5.74, 6) is 0.913. The Balaban J connectivity index is 1.77. The van der Waals surface area contributed by atoms with E-state index in [-0.39, 0.29) is 0 Å². The van der Waals surface area contributed by atoms with E-state index in [1.54, 1.807) is 11.3 Å². The van der Waals surface area contributed by atoms with Crippen molar-refractivity contribution in [1.29, 1.82) is 0 Å². The normalized spacial score (nSPS) is 10.8. The second-order valence-corrected chi connectivity index (χ2v) is 7.09. The van der Waals surface area contributed by atoms with E-state index in [9.17, 15) is 0 Å². The lowest BCUT2D eigenvalue weighted by atomic mass is 10.1. The van der Waals surface area contributed by atoms with Crippen molar-refractivity contribution in [2.45, 2.75) is 26.7 Å². The van der Waals surface area contributed by atoms with Gasteiger partial charge in [-0.3, -0.25) is 0 Å². The largest absolute Gasteiger partial charge is 0.494 e. The van der Waals surface area contributed by atoms with Gasteiger partial charge >= 0.3 is 0 Å². The molecule has 0 radical (unpaired) electrons. The molecule has 3 aromatic rings. The monoisotopic (exact) mass is 338 g/mol. The maximum Gasteiger partial charge on any atom is 0.119 e. The second kappa shape index (κ2) is 7.49. The highest BCUT2D eigenvalue weighted by atomic mass is 32.1. The van der Waals surface area contributed by atoms with Gasteiger partial charge in [0.05, 0.1) is 17.3 Å². The molecule has 0 aliphatic heterocycles. The van der Waals surface area contributed by atoms with Crippen LogP contribution >= 0.6 is 11.3 Å². The van der Waals surface area contributed by atoms with Gasteiger partial charge in [-0.25, -0.2) is 4.98 Å². The van der Waals surface area contributed by atoms with E-state index in [1.165, 1.54) is 10.4 Å². The summed E-state index contributed by atoms with van der Waals surface area (Å²) in [5.41, 5.74) is 9.96. The molecule has 1 aromatic heterocycles. The average molecular weight is 338 g/mol.